The van der Waals surface area contributed by atoms with E-state index >= 15 is 0 Å². The molecule has 1 heterocycles. The highest BCUT2D eigenvalue weighted by Gasteiger charge is 2.14. The summed E-state index contributed by atoms with van der Waals surface area (Å²) in [6.45, 7) is 7.46. The Labute approximate surface area is 107 Å². The molecule has 0 saturated heterocycles. The summed E-state index contributed by atoms with van der Waals surface area (Å²) >= 11 is 0. The van der Waals surface area contributed by atoms with E-state index in [9.17, 15) is 10.1 Å². The van der Waals surface area contributed by atoms with E-state index in [0.717, 1.165) is 12.2 Å². The van der Waals surface area contributed by atoms with Crippen molar-refractivity contribution in [2.24, 2.45) is 0 Å². The molecule has 1 aromatic rings. The molecule has 0 saturated carbocycles. The summed E-state index contributed by atoms with van der Waals surface area (Å²) in [4.78, 5) is 16.8. The number of likely N-dealkylation sites (N-methyl/N-ethyl adjacent to an activating group) is 1. The predicted molar refractivity (Wildman–Crippen MR) is 71.9 cm³/mol. The number of aryl methyl sites for hydroxylation is 1. The van der Waals surface area contributed by atoms with Crippen LogP contribution in [0.3, 0.4) is 0 Å². The standard InChI is InChI=1S/C12H20N4O2/c1-9(2)15(4)8-7-13-12-11(16(17)18)6-5-10(3)14-12/h5-6,9H,7-8H2,1-4H3,(H,13,14). The van der Waals surface area contributed by atoms with E-state index in [1.165, 1.54) is 6.07 Å². The Morgan fingerprint density at radius 3 is 2.72 bits per heavy atom. The molecule has 0 unspecified atom stereocenters. The van der Waals surface area contributed by atoms with Crippen molar-refractivity contribution in [2.75, 3.05) is 25.5 Å². The topological polar surface area (TPSA) is 71.3 Å². The van der Waals surface area contributed by atoms with Gasteiger partial charge in [0.25, 0.3) is 0 Å². The Kier molecular flexibility index (Phi) is 5.03. The van der Waals surface area contributed by atoms with Crippen LogP contribution in [0.15, 0.2) is 12.1 Å². The molecule has 1 rings (SSSR count). The second-order valence-electron chi connectivity index (χ2n) is 4.58. The first-order valence-electron chi connectivity index (χ1n) is 5.98. The van der Waals surface area contributed by atoms with Crippen LogP contribution in [-0.2, 0) is 0 Å². The molecule has 18 heavy (non-hydrogen) atoms. The van der Waals surface area contributed by atoms with Gasteiger partial charge in [-0.15, -0.1) is 0 Å². The van der Waals surface area contributed by atoms with Gasteiger partial charge in [0.05, 0.1) is 4.92 Å². The molecule has 0 aliphatic heterocycles. The minimum absolute atomic E-state index is 0.0211. The lowest BCUT2D eigenvalue weighted by Gasteiger charge is -2.21. The minimum atomic E-state index is -0.416. The largest absolute Gasteiger partial charge is 0.363 e. The summed E-state index contributed by atoms with van der Waals surface area (Å²) < 4.78 is 0. The van der Waals surface area contributed by atoms with Crippen molar-refractivity contribution in [3.8, 4) is 0 Å². The fourth-order valence-corrected chi connectivity index (χ4v) is 1.44. The van der Waals surface area contributed by atoms with E-state index in [1.54, 1.807) is 6.07 Å². The van der Waals surface area contributed by atoms with Crippen LogP contribution >= 0.6 is 0 Å². The first-order valence-corrected chi connectivity index (χ1v) is 5.98. The second-order valence-corrected chi connectivity index (χ2v) is 4.58. The lowest BCUT2D eigenvalue weighted by atomic mass is 10.3. The van der Waals surface area contributed by atoms with Crippen LogP contribution < -0.4 is 5.32 Å². The van der Waals surface area contributed by atoms with E-state index in [2.05, 4.69) is 29.0 Å². The maximum absolute atomic E-state index is 10.9. The van der Waals surface area contributed by atoms with E-state index in [0.29, 0.717) is 18.4 Å². The van der Waals surface area contributed by atoms with Crippen LogP contribution in [0, 0.1) is 17.0 Å². The van der Waals surface area contributed by atoms with Crippen LogP contribution in [0.4, 0.5) is 11.5 Å². The van der Waals surface area contributed by atoms with Crippen LogP contribution in [0.25, 0.3) is 0 Å². The molecule has 0 bridgehead atoms. The number of nitro groups is 1. The van der Waals surface area contributed by atoms with Crippen molar-refractivity contribution in [3.63, 3.8) is 0 Å². The zero-order chi connectivity index (χ0) is 13.7. The maximum Gasteiger partial charge on any atom is 0.311 e. The predicted octanol–water partition coefficient (Wildman–Crippen LogP) is 2.05. The Balaban J connectivity index is 2.66. The van der Waals surface area contributed by atoms with Gasteiger partial charge in [0.1, 0.15) is 0 Å². The molecule has 100 valence electrons. The fourth-order valence-electron chi connectivity index (χ4n) is 1.44. The molecule has 0 aliphatic rings. The molecule has 0 radical (unpaired) electrons. The van der Waals surface area contributed by atoms with Gasteiger partial charge in [0, 0.05) is 30.9 Å². The molecular weight excluding hydrogens is 232 g/mol. The molecule has 1 N–H and O–H groups in total. The zero-order valence-corrected chi connectivity index (χ0v) is 11.3. The van der Waals surface area contributed by atoms with Crippen molar-refractivity contribution in [2.45, 2.75) is 26.8 Å². The van der Waals surface area contributed by atoms with Crippen LogP contribution in [-0.4, -0.2) is 41.0 Å². The fraction of sp³-hybridized carbons (Fsp3) is 0.583. The highest BCUT2D eigenvalue weighted by atomic mass is 16.6. The third kappa shape index (κ3) is 3.96. The molecule has 0 spiro atoms. The first-order chi connectivity index (χ1) is 8.41. The van der Waals surface area contributed by atoms with Crippen molar-refractivity contribution >= 4 is 11.5 Å². The molecule has 0 fully saturated rings. The average molecular weight is 252 g/mol. The van der Waals surface area contributed by atoms with E-state index in [1.807, 2.05) is 14.0 Å². The van der Waals surface area contributed by atoms with Gasteiger partial charge in [-0.1, -0.05) is 0 Å². The van der Waals surface area contributed by atoms with Gasteiger partial charge in [-0.2, -0.15) is 0 Å². The van der Waals surface area contributed by atoms with Crippen molar-refractivity contribution in [1.29, 1.82) is 0 Å². The molecule has 0 aromatic carbocycles. The number of hydrogen-bond acceptors (Lipinski definition) is 5. The van der Waals surface area contributed by atoms with Crippen molar-refractivity contribution in [3.05, 3.63) is 27.9 Å². The Bertz CT molecular complexity index is 421. The molecule has 6 nitrogen and oxygen atoms in total. The highest BCUT2D eigenvalue weighted by Crippen LogP contribution is 2.21. The quantitative estimate of drug-likeness (QED) is 0.619. The SMILES string of the molecule is Cc1ccc([N+](=O)[O-])c(NCCN(C)C(C)C)n1. The second kappa shape index (κ2) is 6.30. The average Bonchev–Trinajstić information content (AvgIpc) is 2.28. The first kappa shape index (κ1) is 14.4. The summed E-state index contributed by atoms with van der Waals surface area (Å²) in [5, 5.41) is 13.9. The Morgan fingerprint density at radius 1 is 1.50 bits per heavy atom. The molecule has 6 heteroatoms. The third-order valence-electron chi connectivity index (χ3n) is 2.85. The molecule has 1 aromatic heterocycles. The lowest BCUT2D eigenvalue weighted by Crippen LogP contribution is -2.31. The van der Waals surface area contributed by atoms with Gasteiger partial charge in [-0.3, -0.25) is 10.1 Å². The van der Waals surface area contributed by atoms with Gasteiger partial charge in [0.2, 0.25) is 5.82 Å². The van der Waals surface area contributed by atoms with Gasteiger partial charge in [0.15, 0.2) is 0 Å². The van der Waals surface area contributed by atoms with Crippen molar-refractivity contribution in [1.82, 2.24) is 9.88 Å². The van der Waals surface area contributed by atoms with Gasteiger partial charge < -0.3 is 10.2 Å². The van der Waals surface area contributed by atoms with Crippen LogP contribution in [0.1, 0.15) is 19.5 Å². The van der Waals surface area contributed by atoms with Gasteiger partial charge >= 0.3 is 5.69 Å². The number of rotatable bonds is 6. The molecule has 0 aliphatic carbocycles. The van der Waals surface area contributed by atoms with Crippen LogP contribution in [0.2, 0.25) is 0 Å². The number of anilines is 1. The number of nitrogens with one attached hydrogen (secondary N) is 1. The van der Waals surface area contributed by atoms with E-state index in [4.69, 9.17) is 0 Å². The molecule has 0 amide bonds. The lowest BCUT2D eigenvalue weighted by molar-refractivity contribution is -0.384. The minimum Gasteiger partial charge on any atom is -0.363 e. The summed E-state index contributed by atoms with van der Waals surface area (Å²) in [6, 6.07) is 3.58. The molecule has 0 atom stereocenters. The van der Waals surface area contributed by atoms with Crippen LogP contribution in [0.5, 0.6) is 0 Å². The smallest absolute Gasteiger partial charge is 0.311 e. The highest BCUT2D eigenvalue weighted by molar-refractivity contribution is 5.56. The number of nitrogens with zero attached hydrogens (tertiary/aromatic N) is 3. The number of aromatic nitrogens is 1. The van der Waals surface area contributed by atoms with Gasteiger partial charge in [-0.05, 0) is 33.9 Å². The van der Waals surface area contributed by atoms with E-state index < -0.39 is 4.92 Å². The van der Waals surface area contributed by atoms with Crippen molar-refractivity contribution < 1.29 is 4.92 Å². The van der Waals surface area contributed by atoms with Gasteiger partial charge in [-0.25, -0.2) is 4.98 Å². The number of hydrogen-bond donors (Lipinski definition) is 1. The summed E-state index contributed by atoms with van der Waals surface area (Å²) in [6.07, 6.45) is 0. The number of pyridine rings is 1. The van der Waals surface area contributed by atoms with E-state index in [-0.39, 0.29) is 5.69 Å². The monoisotopic (exact) mass is 252 g/mol. The normalized spacial score (nSPS) is 11.0. The third-order valence-corrected chi connectivity index (χ3v) is 2.85. The Hall–Kier alpha value is -1.69. The summed E-state index contributed by atoms with van der Waals surface area (Å²) in [5.74, 6) is 0.345. The maximum atomic E-state index is 10.9. The zero-order valence-electron chi connectivity index (χ0n) is 11.3. The Morgan fingerprint density at radius 2 is 2.17 bits per heavy atom. The molecular formula is C12H20N4O2. The summed E-state index contributed by atoms with van der Waals surface area (Å²) in [5.41, 5.74) is 0.785. The summed E-state index contributed by atoms with van der Waals surface area (Å²) in [7, 11) is 2.02.